The highest BCUT2D eigenvalue weighted by Crippen LogP contribution is 2.04. The molecule has 2 aromatic carbocycles. The molecule has 2 aromatic rings. The zero-order valence-corrected chi connectivity index (χ0v) is 12.2. The normalized spacial score (nSPS) is 11.2. The quantitative estimate of drug-likeness (QED) is 0.597. The number of esters is 1. The minimum absolute atomic E-state index is 0.236. The lowest BCUT2D eigenvalue weighted by atomic mass is 10.2. The van der Waals surface area contributed by atoms with Crippen molar-refractivity contribution in [3.05, 3.63) is 71.8 Å². The molecule has 0 fully saturated rings. The van der Waals surface area contributed by atoms with Crippen LogP contribution in [0.2, 0.25) is 0 Å². The van der Waals surface area contributed by atoms with Crippen molar-refractivity contribution in [3.8, 4) is 0 Å². The highest BCUT2D eigenvalue weighted by Gasteiger charge is 2.05. The summed E-state index contributed by atoms with van der Waals surface area (Å²) in [4.78, 5) is 16.1. The number of carbonyl (C=O) groups is 1. The third-order valence-electron chi connectivity index (χ3n) is 3.02. The van der Waals surface area contributed by atoms with E-state index in [1.54, 1.807) is 0 Å². The number of hydrogen-bond donors (Lipinski definition) is 0. The van der Waals surface area contributed by atoms with Crippen LogP contribution >= 0.6 is 0 Å². The Balaban J connectivity index is 1.76. The van der Waals surface area contributed by atoms with Gasteiger partial charge in [0.15, 0.2) is 0 Å². The molecule has 0 N–H and O–H groups in total. The van der Waals surface area contributed by atoms with E-state index >= 15 is 0 Å². The summed E-state index contributed by atoms with van der Waals surface area (Å²) in [7, 11) is 0. The van der Waals surface area contributed by atoms with E-state index in [-0.39, 0.29) is 12.4 Å². The number of rotatable bonds is 6. The second kappa shape index (κ2) is 8.00. The van der Waals surface area contributed by atoms with Gasteiger partial charge in [-0.3, -0.25) is 9.79 Å². The third kappa shape index (κ3) is 5.61. The average molecular weight is 281 g/mol. The summed E-state index contributed by atoms with van der Waals surface area (Å²) in [5, 5.41) is 0. The van der Waals surface area contributed by atoms with Gasteiger partial charge in [0.1, 0.15) is 6.61 Å². The zero-order valence-electron chi connectivity index (χ0n) is 12.2. The summed E-state index contributed by atoms with van der Waals surface area (Å²) < 4.78 is 5.23. The van der Waals surface area contributed by atoms with Crippen molar-refractivity contribution >= 4 is 11.7 Å². The second-order valence-corrected chi connectivity index (χ2v) is 4.86. The molecule has 0 saturated carbocycles. The molecule has 3 heteroatoms. The van der Waals surface area contributed by atoms with E-state index < -0.39 is 0 Å². The molecular weight excluding hydrogens is 262 g/mol. The standard InChI is InChI=1S/C18H19NO2/c1-15(19-13-16-8-4-2-5-9-16)12-18(20)21-14-17-10-6-3-7-11-17/h2-11H,12-14H2,1H3. The highest BCUT2D eigenvalue weighted by molar-refractivity contribution is 5.97. The number of ether oxygens (including phenoxy) is 1. The molecule has 0 aliphatic heterocycles. The van der Waals surface area contributed by atoms with Crippen molar-refractivity contribution in [1.82, 2.24) is 0 Å². The fourth-order valence-electron chi connectivity index (χ4n) is 1.86. The van der Waals surface area contributed by atoms with E-state index in [0.717, 1.165) is 16.8 Å². The third-order valence-corrected chi connectivity index (χ3v) is 3.02. The van der Waals surface area contributed by atoms with Crippen LogP contribution in [-0.4, -0.2) is 11.7 Å². The van der Waals surface area contributed by atoms with Crippen LogP contribution in [0.4, 0.5) is 0 Å². The fourth-order valence-corrected chi connectivity index (χ4v) is 1.86. The zero-order chi connectivity index (χ0) is 14.9. The number of aliphatic imine (C=N–C) groups is 1. The van der Waals surface area contributed by atoms with Crippen LogP contribution in [0, 0.1) is 0 Å². The summed E-state index contributed by atoms with van der Waals surface area (Å²) in [5.74, 6) is -0.242. The maximum Gasteiger partial charge on any atom is 0.311 e. The molecule has 0 amide bonds. The van der Waals surface area contributed by atoms with Crippen LogP contribution in [0.5, 0.6) is 0 Å². The highest BCUT2D eigenvalue weighted by atomic mass is 16.5. The van der Waals surface area contributed by atoms with Gasteiger partial charge in [0.25, 0.3) is 0 Å². The largest absolute Gasteiger partial charge is 0.461 e. The first kappa shape index (κ1) is 15.0. The molecular formula is C18H19NO2. The Hall–Kier alpha value is -2.42. The summed E-state index contributed by atoms with van der Waals surface area (Å²) in [6.07, 6.45) is 0.236. The van der Waals surface area contributed by atoms with E-state index in [0.29, 0.717) is 13.2 Å². The first-order valence-corrected chi connectivity index (χ1v) is 6.97. The lowest BCUT2D eigenvalue weighted by molar-refractivity contribution is -0.143. The van der Waals surface area contributed by atoms with Gasteiger partial charge in [-0.15, -0.1) is 0 Å². The lowest BCUT2D eigenvalue weighted by Crippen LogP contribution is -2.09. The number of nitrogens with zero attached hydrogens (tertiary/aromatic N) is 1. The van der Waals surface area contributed by atoms with Crippen molar-refractivity contribution < 1.29 is 9.53 Å². The molecule has 0 radical (unpaired) electrons. The van der Waals surface area contributed by atoms with E-state index in [2.05, 4.69) is 4.99 Å². The SMILES string of the molecule is CC(CC(=O)OCc1ccccc1)=NCc1ccccc1. The molecule has 108 valence electrons. The van der Waals surface area contributed by atoms with Gasteiger partial charge in [0.2, 0.25) is 0 Å². The van der Waals surface area contributed by atoms with Crippen LogP contribution in [0.3, 0.4) is 0 Å². The lowest BCUT2D eigenvalue weighted by Gasteiger charge is -2.05. The molecule has 0 aliphatic carbocycles. The molecule has 0 saturated heterocycles. The Kier molecular flexibility index (Phi) is 5.71. The first-order chi connectivity index (χ1) is 10.2. The van der Waals surface area contributed by atoms with Gasteiger partial charge in [0, 0.05) is 5.71 Å². The van der Waals surface area contributed by atoms with Crippen molar-refractivity contribution in [2.24, 2.45) is 4.99 Å². The first-order valence-electron chi connectivity index (χ1n) is 6.97. The molecule has 0 aromatic heterocycles. The average Bonchev–Trinajstić information content (AvgIpc) is 2.53. The van der Waals surface area contributed by atoms with Crippen LogP contribution in [0.25, 0.3) is 0 Å². The Bertz CT molecular complexity index is 591. The molecule has 0 aliphatic rings. The maximum atomic E-state index is 11.7. The summed E-state index contributed by atoms with van der Waals surface area (Å²) in [5.41, 5.74) is 2.91. The van der Waals surface area contributed by atoms with E-state index in [4.69, 9.17) is 4.74 Å². The summed E-state index contributed by atoms with van der Waals surface area (Å²) >= 11 is 0. The van der Waals surface area contributed by atoms with Gasteiger partial charge in [-0.1, -0.05) is 60.7 Å². The van der Waals surface area contributed by atoms with E-state index in [1.165, 1.54) is 0 Å². The van der Waals surface area contributed by atoms with Crippen LogP contribution in [-0.2, 0) is 22.7 Å². The Morgan fingerprint density at radius 1 is 0.952 bits per heavy atom. The van der Waals surface area contributed by atoms with Crippen LogP contribution in [0.15, 0.2) is 65.7 Å². The molecule has 0 atom stereocenters. The van der Waals surface area contributed by atoms with Crippen molar-refractivity contribution in [2.75, 3.05) is 0 Å². The van der Waals surface area contributed by atoms with Gasteiger partial charge in [-0.05, 0) is 18.1 Å². The number of carbonyl (C=O) groups excluding carboxylic acids is 1. The smallest absolute Gasteiger partial charge is 0.311 e. The van der Waals surface area contributed by atoms with Gasteiger partial charge in [0.05, 0.1) is 13.0 Å². The van der Waals surface area contributed by atoms with Gasteiger partial charge in [-0.25, -0.2) is 0 Å². The second-order valence-electron chi connectivity index (χ2n) is 4.86. The number of hydrogen-bond acceptors (Lipinski definition) is 3. The maximum absolute atomic E-state index is 11.7. The fraction of sp³-hybridized carbons (Fsp3) is 0.222. The predicted octanol–water partition coefficient (Wildman–Crippen LogP) is 3.78. The molecule has 2 rings (SSSR count). The molecule has 0 heterocycles. The Morgan fingerprint density at radius 3 is 2.14 bits per heavy atom. The minimum atomic E-state index is -0.242. The molecule has 0 spiro atoms. The molecule has 0 bridgehead atoms. The van der Waals surface area contributed by atoms with Gasteiger partial charge in [-0.2, -0.15) is 0 Å². The number of benzene rings is 2. The van der Waals surface area contributed by atoms with Gasteiger partial charge < -0.3 is 4.74 Å². The van der Waals surface area contributed by atoms with Crippen molar-refractivity contribution in [1.29, 1.82) is 0 Å². The molecule has 21 heavy (non-hydrogen) atoms. The summed E-state index contributed by atoms with van der Waals surface area (Å²) in [6.45, 7) is 2.76. The van der Waals surface area contributed by atoms with Crippen molar-refractivity contribution in [3.63, 3.8) is 0 Å². The van der Waals surface area contributed by atoms with E-state index in [1.807, 2.05) is 67.6 Å². The topological polar surface area (TPSA) is 38.7 Å². The van der Waals surface area contributed by atoms with Gasteiger partial charge >= 0.3 is 5.97 Å². The Morgan fingerprint density at radius 2 is 1.52 bits per heavy atom. The van der Waals surface area contributed by atoms with Crippen molar-refractivity contribution in [2.45, 2.75) is 26.5 Å². The Labute approximate surface area is 125 Å². The van der Waals surface area contributed by atoms with E-state index in [9.17, 15) is 4.79 Å². The summed E-state index contributed by atoms with van der Waals surface area (Å²) in [6, 6.07) is 19.6. The monoisotopic (exact) mass is 281 g/mol. The minimum Gasteiger partial charge on any atom is -0.461 e. The molecule has 0 unspecified atom stereocenters. The van der Waals surface area contributed by atoms with Crippen LogP contribution < -0.4 is 0 Å². The predicted molar refractivity (Wildman–Crippen MR) is 84.1 cm³/mol. The van der Waals surface area contributed by atoms with Crippen LogP contribution in [0.1, 0.15) is 24.5 Å². The molecule has 3 nitrogen and oxygen atoms in total.